The van der Waals surface area contributed by atoms with Gasteiger partial charge in [-0.2, -0.15) is 5.10 Å². The zero-order chi connectivity index (χ0) is 20.8. The normalized spacial score (nSPS) is 15.9. The fourth-order valence-corrected chi connectivity index (χ4v) is 3.53. The van der Waals surface area contributed by atoms with Crippen LogP contribution in [-0.2, 0) is 11.2 Å². The number of para-hydroxylation sites is 1. The van der Waals surface area contributed by atoms with E-state index in [4.69, 9.17) is 9.47 Å². The van der Waals surface area contributed by atoms with Crippen LogP contribution in [0.25, 0.3) is 0 Å². The molecule has 1 atom stereocenters. The van der Waals surface area contributed by atoms with Crippen molar-refractivity contribution in [2.45, 2.75) is 18.8 Å². The Kier molecular flexibility index (Phi) is 6.27. The summed E-state index contributed by atoms with van der Waals surface area (Å²) >= 11 is 0. The van der Waals surface area contributed by atoms with Gasteiger partial charge in [-0.15, -0.1) is 0 Å². The molecule has 1 aliphatic heterocycles. The fourth-order valence-electron chi connectivity index (χ4n) is 3.53. The summed E-state index contributed by atoms with van der Waals surface area (Å²) in [4.78, 5) is 14.3. The van der Waals surface area contributed by atoms with E-state index in [9.17, 15) is 9.18 Å². The average Bonchev–Trinajstić information content (AvgIpc) is 3.43. The van der Waals surface area contributed by atoms with Gasteiger partial charge in [-0.1, -0.05) is 24.3 Å². The van der Waals surface area contributed by atoms with Crippen LogP contribution in [0.1, 0.15) is 23.7 Å². The van der Waals surface area contributed by atoms with Crippen LogP contribution >= 0.6 is 0 Å². The Morgan fingerprint density at radius 2 is 1.93 bits per heavy atom. The zero-order valence-corrected chi connectivity index (χ0v) is 16.6. The molecule has 6 nitrogen and oxygen atoms in total. The zero-order valence-electron chi connectivity index (χ0n) is 16.6. The minimum atomic E-state index is -0.314. The molecule has 1 saturated heterocycles. The number of aromatic nitrogens is 2. The van der Waals surface area contributed by atoms with E-state index in [1.54, 1.807) is 12.1 Å². The van der Waals surface area contributed by atoms with Crippen molar-refractivity contribution in [3.05, 3.63) is 77.9 Å². The lowest BCUT2D eigenvalue weighted by Gasteiger charge is -2.16. The van der Waals surface area contributed by atoms with Gasteiger partial charge in [0, 0.05) is 37.2 Å². The van der Waals surface area contributed by atoms with Crippen LogP contribution in [0, 0.1) is 5.82 Å². The van der Waals surface area contributed by atoms with Crippen molar-refractivity contribution in [1.29, 1.82) is 0 Å². The van der Waals surface area contributed by atoms with Crippen LogP contribution in [0.2, 0.25) is 0 Å². The number of halogens is 1. The lowest BCUT2D eigenvalue weighted by Crippen LogP contribution is -2.32. The number of likely N-dealkylation sites (tertiary alicyclic amines) is 1. The second-order valence-corrected chi connectivity index (χ2v) is 7.30. The summed E-state index contributed by atoms with van der Waals surface area (Å²) in [6, 6.07) is 17.5. The summed E-state index contributed by atoms with van der Waals surface area (Å²) in [5.74, 6) is 1.09. The highest BCUT2D eigenvalue weighted by Gasteiger charge is 2.29. The van der Waals surface area contributed by atoms with Gasteiger partial charge in [-0.3, -0.25) is 9.89 Å². The van der Waals surface area contributed by atoms with Gasteiger partial charge in [-0.05, 0) is 36.8 Å². The molecule has 1 fully saturated rings. The Bertz CT molecular complexity index is 977. The molecule has 3 aromatic rings. The molecule has 0 radical (unpaired) electrons. The number of nitrogens with one attached hydrogen (secondary N) is 1. The number of ether oxygens (including phenoxy) is 2. The first-order chi connectivity index (χ1) is 14.7. The quantitative estimate of drug-likeness (QED) is 0.618. The summed E-state index contributed by atoms with van der Waals surface area (Å²) in [7, 11) is 0. The maximum absolute atomic E-state index is 13.2. The molecular formula is C23H24FN3O3. The molecule has 2 aromatic carbocycles. The highest BCUT2D eigenvalue weighted by molar-refractivity contribution is 5.78. The number of hydrogen-bond donors (Lipinski definition) is 1. The van der Waals surface area contributed by atoms with E-state index in [1.807, 2.05) is 41.3 Å². The molecule has 0 saturated carbocycles. The standard InChI is InChI=1S/C23H24FN3O3/c24-18-5-4-8-21(13-18)29-12-10-19-14-22(26-25-19)17-9-11-27(15-17)23(28)16-30-20-6-2-1-3-7-20/h1-8,13-14,17H,9-12,15-16H2,(H,25,26)/t17-/m0/s1. The number of carbonyl (C=O) groups excluding carboxylic acids is 1. The van der Waals surface area contributed by atoms with Crippen LogP contribution in [0.4, 0.5) is 4.39 Å². The second kappa shape index (κ2) is 9.43. The predicted octanol–water partition coefficient (Wildman–Crippen LogP) is 3.57. The third kappa shape index (κ3) is 5.17. The molecule has 1 aromatic heterocycles. The van der Waals surface area contributed by atoms with Gasteiger partial charge in [-0.25, -0.2) is 4.39 Å². The summed E-state index contributed by atoms with van der Waals surface area (Å²) in [5, 5.41) is 7.45. The number of nitrogens with zero attached hydrogens (tertiary/aromatic N) is 2. The first-order valence-corrected chi connectivity index (χ1v) is 10.1. The Morgan fingerprint density at radius 1 is 1.10 bits per heavy atom. The number of rotatable bonds is 8. The van der Waals surface area contributed by atoms with Crippen LogP contribution < -0.4 is 9.47 Å². The third-order valence-electron chi connectivity index (χ3n) is 5.15. The van der Waals surface area contributed by atoms with Crippen molar-refractivity contribution in [1.82, 2.24) is 15.1 Å². The topological polar surface area (TPSA) is 67.4 Å². The largest absolute Gasteiger partial charge is 0.493 e. The van der Waals surface area contributed by atoms with Crippen molar-refractivity contribution in [2.24, 2.45) is 0 Å². The first-order valence-electron chi connectivity index (χ1n) is 10.1. The van der Waals surface area contributed by atoms with Crippen molar-refractivity contribution in [3.63, 3.8) is 0 Å². The van der Waals surface area contributed by atoms with Gasteiger partial charge < -0.3 is 14.4 Å². The number of aromatic amines is 1. The minimum absolute atomic E-state index is 0.0133. The Labute approximate surface area is 174 Å². The minimum Gasteiger partial charge on any atom is -0.493 e. The van der Waals surface area contributed by atoms with Crippen LogP contribution in [0.15, 0.2) is 60.7 Å². The van der Waals surface area contributed by atoms with E-state index in [1.165, 1.54) is 12.1 Å². The molecule has 2 heterocycles. The van der Waals surface area contributed by atoms with Crippen molar-refractivity contribution in [3.8, 4) is 11.5 Å². The van der Waals surface area contributed by atoms with E-state index in [-0.39, 0.29) is 24.2 Å². The summed E-state index contributed by atoms with van der Waals surface area (Å²) in [6.45, 7) is 1.81. The van der Waals surface area contributed by atoms with E-state index in [0.717, 1.165) is 17.8 Å². The molecule has 7 heteroatoms. The number of hydrogen-bond acceptors (Lipinski definition) is 4. The number of H-pyrrole nitrogens is 1. The van der Waals surface area contributed by atoms with E-state index in [2.05, 4.69) is 10.2 Å². The van der Waals surface area contributed by atoms with Crippen molar-refractivity contribution >= 4 is 5.91 Å². The van der Waals surface area contributed by atoms with E-state index < -0.39 is 0 Å². The third-order valence-corrected chi connectivity index (χ3v) is 5.15. The van der Waals surface area contributed by atoms with E-state index in [0.29, 0.717) is 37.6 Å². The van der Waals surface area contributed by atoms with Gasteiger partial charge in [0.15, 0.2) is 6.61 Å². The molecule has 156 valence electrons. The van der Waals surface area contributed by atoms with E-state index >= 15 is 0 Å². The molecule has 30 heavy (non-hydrogen) atoms. The summed E-state index contributed by atoms with van der Waals surface area (Å²) < 4.78 is 24.3. The molecule has 0 aliphatic carbocycles. The fraction of sp³-hybridized carbons (Fsp3) is 0.304. The summed E-state index contributed by atoms with van der Waals surface area (Å²) in [6.07, 6.45) is 1.52. The monoisotopic (exact) mass is 409 g/mol. The molecule has 1 aliphatic rings. The lowest BCUT2D eigenvalue weighted by atomic mass is 10.0. The highest BCUT2D eigenvalue weighted by atomic mass is 19.1. The Hall–Kier alpha value is -3.35. The number of benzene rings is 2. The summed E-state index contributed by atoms with van der Waals surface area (Å²) in [5.41, 5.74) is 1.91. The number of carbonyl (C=O) groups is 1. The Balaban J connectivity index is 1.23. The van der Waals surface area contributed by atoms with Gasteiger partial charge in [0.05, 0.1) is 12.3 Å². The maximum Gasteiger partial charge on any atom is 0.260 e. The molecule has 0 unspecified atom stereocenters. The molecule has 4 rings (SSSR count). The van der Waals surface area contributed by atoms with Crippen LogP contribution in [0.3, 0.4) is 0 Å². The van der Waals surface area contributed by atoms with Gasteiger partial charge >= 0.3 is 0 Å². The van der Waals surface area contributed by atoms with Gasteiger partial charge in [0.2, 0.25) is 0 Å². The maximum atomic E-state index is 13.2. The second-order valence-electron chi connectivity index (χ2n) is 7.30. The predicted molar refractivity (Wildman–Crippen MR) is 110 cm³/mol. The molecule has 0 bridgehead atoms. The molecule has 1 amide bonds. The molecule has 1 N–H and O–H groups in total. The number of amides is 1. The van der Waals surface area contributed by atoms with Crippen LogP contribution in [0.5, 0.6) is 11.5 Å². The molecule has 0 spiro atoms. The Morgan fingerprint density at radius 3 is 2.77 bits per heavy atom. The van der Waals surface area contributed by atoms with Crippen molar-refractivity contribution in [2.75, 3.05) is 26.3 Å². The van der Waals surface area contributed by atoms with Gasteiger partial charge in [0.1, 0.15) is 17.3 Å². The first kappa shape index (κ1) is 19.9. The lowest BCUT2D eigenvalue weighted by molar-refractivity contribution is -0.132. The molecular weight excluding hydrogens is 385 g/mol. The SMILES string of the molecule is O=C(COc1ccccc1)N1CC[C@H](c2cc(CCOc3cccc(F)c3)[nH]n2)C1. The van der Waals surface area contributed by atoms with Crippen molar-refractivity contribution < 1.29 is 18.7 Å². The van der Waals surface area contributed by atoms with Crippen LogP contribution in [-0.4, -0.2) is 47.3 Å². The average molecular weight is 409 g/mol. The highest BCUT2D eigenvalue weighted by Crippen LogP contribution is 2.26. The van der Waals surface area contributed by atoms with Gasteiger partial charge in [0.25, 0.3) is 5.91 Å². The smallest absolute Gasteiger partial charge is 0.260 e.